The maximum atomic E-state index is 14.5. The maximum Gasteiger partial charge on any atom is 0.248 e. The Morgan fingerprint density at radius 3 is 2.46 bits per heavy atom. The molecule has 10 rings (SSSR count). The molecule has 9 heteroatoms. The van der Waals surface area contributed by atoms with Crippen molar-refractivity contribution in [3.63, 3.8) is 0 Å². The van der Waals surface area contributed by atoms with Crippen molar-refractivity contribution in [3.05, 3.63) is 93.8 Å². The van der Waals surface area contributed by atoms with E-state index >= 15 is 0 Å². The summed E-state index contributed by atoms with van der Waals surface area (Å²) < 4.78 is 37.5. The van der Waals surface area contributed by atoms with Gasteiger partial charge in [-0.2, -0.15) is 0 Å². The van der Waals surface area contributed by atoms with E-state index in [1.807, 2.05) is 30.3 Å². The minimum Gasteiger partial charge on any atom is -0.493 e. The van der Waals surface area contributed by atoms with Crippen molar-refractivity contribution in [1.82, 2.24) is 9.80 Å². The minimum absolute atomic E-state index is 0.0756. The van der Waals surface area contributed by atoms with Gasteiger partial charge in [0.25, 0.3) is 0 Å². The average Bonchev–Trinajstić information content (AvgIpc) is 3.54. The van der Waals surface area contributed by atoms with Gasteiger partial charge >= 0.3 is 0 Å². The van der Waals surface area contributed by atoms with Crippen molar-refractivity contribution in [2.75, 3.05) is 47.7 Å². The van der Waals surface area contributed by atoms with Crippen molar-refractivity contribution < 1.29 is 33.2 Å². The van der Waals surface area contributed by atoms with E-state index in [0.29, 0.717) is 40.9 Å². The molecule has 0 saturated carbocycles. The molecule has 46 heavy (non-hydrogen) atoms. The van der Waals surface area contributed by atoms with Crippen molar-refractivity contribution in [3.8, 4) is 34.5 Å². The predicted octanol–water partition coefficient (Wildman–Crippen LogP) is 5.16. The number of Topliss-reactive ketones (excluding diaryl/α,β-unsaturated/α-hetero) is 1. The fourth-order valence-corrected chi connectivity index (χ4v) is 8.08. The number of hydrogen-bond acceptors (Lipinski definition) is 9. The number of carbonyl (C=O) groups is 1. The Morgan fingerprint density at radius 1 is 0.826 bits per heavy atom. The Kier molecular flexibility index (Phi) is 6.21. The summed E-state index contributed by atoms with van der Waals surface area (Å²) in [4.78, 5) is 19.2. The molecule has 3 atom stereocenters. The van der Waals surface area contributed by atoms with E-state index in [9.17, 15) is 4.79 Å². The van der Waals surface area contributed by atoms with Crippen LogP contribution < -0.4 is 23.7 Å². The molecule has 0 fully saturated rings. The third-order valence-electron chi connectivity index (χ3n) is 10.5. The fraction of sp³-hybridized carbons (Fsp3) is 0.378. The second-order valence-electron chi connectivity index (χ2n) is 13.2. The first-order valence-corrected chi connectivity index (χ1v) is 16.0. The minimum atomic E-state index is -1.36. The van der Waals surface area contributed by atoms with Crippen LogP contribution in [0.2, 0.25) is 0 Å². The number of nitrogens with zero attached hydrogens (tertiary/aromatic N) is 2. The Morgan fingerprint density at radius 2 is 1.61 bits per heavy atom. The Balaban J connectivity index is 1.26. The van der Waals surface area contributed by atoms with Crippen LogP contribution in [-0.2, 0) is 28.8 Å². The molecule has 6 aliphatic heterocycles. The summed E-state index contributed by atoms with van der Waals surface area (Å²) in [6.07, 6.45) is 5.00. The SMILES string of the molecule is COC1=CC2=C3[C@H](Cc4cc5c(c(c4)Oc4ccc(cc4)C[C@@H]4c6cc7c(cc6CCN4C)OC[C@]3(O7)C1=O)OCO5)N(C)CC2. The van der Waals surface area contributed by atoms with Gasteiger partial charge in [-0.15, -0.1) is 0 Å². The summed E-state index contributed by atoms with van der Waals surface area (Å²) >= 11 is 0. The van der Waals surface area contributed by atoms with Crippen LogP contribution in [0.1, 0.15) is 34.7 Å². The first kappa shape index (κ1) is 27.8. The highest BCUT2D eigenvalue weighted by atomic mass is 16.7. The van der Waals surface area contributed by atoms with Crippen LogP contribution in [0.3, 0.4) is 0 Å². The molecule has 236 valence electrons. The van der Waals surface area contributed by atoms with Crippen molar-refractivity contribution in [1.29, 1.82) is 0 Å². The molecular weight excluding hydrogens is 584 g/mol. The van der Waals surface area contributed by atoms with Crippen LogP contribution in [0.15, 0.2) is 71.5 Å². The zero-order valence-electron chi connectivity index (χ0n) is 26.3. The summed E-state index contributed by atoms with van der Waals surface area (Å²) in [7, 11) is 5.83. The molecule has 6 heterocycles. The Hall–Kier alpha value is -4.47. The molecule has 0 aromatic heterocycles. The van der Waals surface area contributed by atoms with Gasteiger partial charge < -0.3 is 28.4 Å². The third-order valence-corrected chi connectivity index (χ3v) is 10.5. The number of hydrogen-bond donors (Lipinski definition) is 0. The maximum absolute atomic E-state index is 14.5. The average molecular weight is 621 g/mol. The third kappa shape index (κ3) is 4.18. The monoisotopic (exact) mass is 620 g/mol. The normalized spacial score (nSPS) is 26.3. The van der Waals surface area contributed by atoms with Gasteiger partial charge in [-0.05, 0) is 110 Å². The van der Waals surface area contributed by atoms with Gasteiger partial charge in [0.1, 0.15) is 12.4 Å². The topological polar surface area (TPSA) is 78.9 Å². The van der Waals surface area contributed by atoms with E-state index in [4.69, 9.17) is 28.4 Å². The number of allylic oxidation sites excluding steroid dienone is 1. The Bertz CT molecular complexity index is 1850. The van der Waals surface area contributed by atoms with E-state index in [2.05, 4.69) is 48.2 Å². The summed E-state index contributed by atoms with van der Waals surface area (Å²) in [5.74, 6) is 3.97. The summed E-state index contributed by atoms with van der Waals surface area (Å²) in [5, 5.41) is 0. The van der Waals surface area contributed by atoms with E-state index < -0.39 is 5.60 Å². The predicted molar refractivity (Wildman–Crippen MR) is 169 cm³/mol. The van der Waals surface area contributed by atoms with Crippen molar-refractivity contribution in [2.24, 2.45) is 0 Å². The number of methoxy groups -OCH3 is 1. The zero-order valence-corrected chi connectivity index (χ0v) is 26.3. The number of carbonyl (C=O) groups excluding carboxylic acids is 1. The number of likely N-dealkylation sites (N-methyl/N-ethyl adjacent to an activating group) is 2. The number of ether oxygens (including phenoxy) is 6. The number of fused-ring (bicyclic) bond motifs is 3. The molecule has 9 nitrogen and oxygen atoms in total. The second-order valence-corrected chi connectivity index (χ2v) is 13.2. The molecule has 7 bridgehead atoms. The molecule has 0 amide bonds. The van der Waals surface area contributed by atoms with E-state index in [-0.39, 0.29) is 31.3 Å². The van der Waals surface area contributed by atoms with Gasteiger partial charge in [0, 0.05) is 30.7 Å². The first-order chi connectivity index (χ1) is 22.4. The van der Waals surface area contributed by atoms with Gasteiger partial charge in [-0.1, -0.05) is 12.1 Å². The molecule has 3 aromatic carbocycles. The molecule has 0 saturated heterocycles. The zero-order chi connectivity index (χ0) is 31.2. The molecule has 1 spiro atoms. The lowest BCUT2D eigenvalue weighted by molar-refractivity contribution is -0.136. The largest absolute Gasteiger partial charge is 0.493 e. The van der Waals surface area contributed by atoms with Crippen LogP contribution in [0.5, 0.6) is 34.5 Å². The lowest BCUT2D eigenvalue weighted by Gasteiger charge is -2.48. The van der Waals surface area contributed by atoms with E-state index in [0.717, 1.165) is 54.8 Å². The highest BCUT2D eigenvalue weighted by Crippen LogP contribution is 2.50. The summed E-state index contributed by atoms with van der Waals surface area (Å²) in [5.41, 5.74) is 5.30. The molecule has 1 aliphatic carbocycles. The van der Waals surface area contributed by atoms with Gasteiger partial charge in [0.05, 0.1) is 7.11 Å². The summed E-state index contributed by atoms with van der Waals surface area (Å²) in [6.45, 7) is 1.97. The molecule has 3 aromatic rings. The van der Waals surface area contributed by atoms with Gasteiger partial charge in [-0.25, -0.2) is 0 Å². The summed E-state index contributed by atoms with van der Waals surface area (Å²) in [6, 6.07) is 16.6. The van der Waals surface area contributed by atoms with E-state index in [1.165, 1.54) is 16.7 Å². The van der Waals surface area contributed by atoms with Gasteiger partial charge in [0.2, 0.25) is 23.9 Å². The lowest BCUT2D eigenvalue weighted by Crippen LogP contribution is -2.61. The van der Waals surface area contributed by atoms with Crippen LogP contribution in [0.4, 0.5) is 0 Å². The van der Waals surface area contributed by atoms with E-state index in [1.54, 1.807) is 7.11 Å². The lowest BCUT2D eigenvalue weighted by atomic mass is 9.72. The molecule has 0 radical (unpaired) electrons. The van der Waals surface area contributed by atoms with Crippen LogP contribution >= 0.6 is 0 Å². The van der Waals surface area contributed by atoms with Crippen molar-refractivity contribution >= 4 is 5.78 Å². The van der Waals surface area contributed by atoms with Gasteiger partial charge in [-0.3, -0.25) is 14.6 Å². The first-order valence-electron chi connectivity index (χ1n) is 16.0. The quantitative estimate of drug-likeness (QED) is 0.367. The van der Waals surface area contributed by atoms with Crippen molar-refractivity contribution in [2.45, 2.75) is 43.4 Å². The molecular formula is C37H36N2O7. The van der Waals surface area contributed by atoms with Crippen LogP contribution in [0.25, 0.3) is 0 Å². The highest BCUT2D eigenvalue weighted by molar-refractivity contribution is 6.05. The second kappa shape index (κ2) is 10.3. The highest BCUT2D eigenvalue weighted by Gasteiger charge is 2.56. The molecule has 0 unspecified atom stereocenters. The van der Waals surface area contributed by atoms with Crippen LogP contribution in [0, 0.1) is 0 Å². The smallest absolute Gasteiger partial charge is 0.248 e. The molecule has 7 aliphatic rings. The number of benzene rings is 3. The number of ketones is 1. The number of rotatable bonds is 1. The standard InChI is InChI=1S/C37H36N2O7/c1-38-10-8-23-16-29-30-18-26(23)27(38)12-21-4-6-25(7-5-21)45-32-15-22(14-31-35(32)44-20-43-31)13-28-34-24(9-11-39(28)2)17-33(41-3)36(40)37(34,46-30)19-42-29/h4-7,14-18,27-28H,8-13,19-20H2,1-3H3/t27-,28+,37-/m1/s1. The fourth-order valence-electron chi connectivity index (χ4n) is 8.08. The Labute approximate surface area is 267 Å². The molecule has 0 N–H and O–H groups in total. The van der Waals surface area contributed by atoms with Gasteiger partial charge in [0.15, 0.2) is 28.8 Å². The van der Waals surface area contributed by atoms with Crippen LogP contribution in [-0.4, -0.2) is 74.9 Å².